The van der Waals surface area contributed by atoms with Crippen LogP contribution in [0.4, 0.5) is 14.6 Å². The summed E-state index contributed by atoms with van der Waals surface area (Å²) >= 11 is 0. The zero-order valence-corrected chi connectivity index (χ0v) is 17.4. The normalized spacial score (nSPS) is 10.9. The fraction of sp³-hybridized carbons (Fsp3) is 0.333. The van der Waals surface area contributed by atoms with Crippen LogP contribution in [0.2, 0.25) is 0 Å². The molecule has 0 amide bonds. The van der Waals surface area contributed by atoms with Crippen LogP contribution in [-0.2, 0) is 13.1 Å². The first-order chi connectivity index (χ1) is 12.0. The molecule has 0 unspecified atom stereocenters. The van der Waals surface area contributed by atoms with Crippen molar-refractivity contribution in [3.63, 3.8) is 0 Å². The molecule has 1 aromatic carbocycles. The van der Waals surface area contributed by atoms with E-state index in [2.05, 4.69) is 20.6 Å². The standard InChI is InChI=1S/C18H23F2N5.HI/c1-4-21-18(22-11-13-10-14(19)8-9-16(13)20)23-12-15-6-5-7-17(24-15)25(2)3;/h5-10H,4,11-12H2,1-3H3,(H2,21,22,23);1H. The highest BCUT2D eigenvalue weighted by Crippen LogP contribution is 2.11. The van der Waals surface area contributed by atoms with Crippen LogP contribution in [0.3, 0.4) is 0 Å². The lowest BCUT2D eigenvalue weighted by Gasteiger charge is -2.14. The van der Waals surface area contributed by atoms with E-state index in [1.54, 1.807) is 0 Å². The number of guanidine groups is 1. The maximum atomic E-state index is 13.7. The molecule has 0 bridgehead atoms. The van der Waals surface area contributed by atoms with Crippen LogP contribution in [0.15, 0.2) is 41.4 Å². The second kappa shape index (κ2) is 10.9. The minimum Gasteiger partial charge on any atom is -0.363 e. The highest BCUT2D eigenvalue weighted by Gasteiger charge is 2.05. The molecular formula is C18H24F2IN5. The van der Waals surface area contributed by atoms with Gasteiger partial charge in [-0.25, -0.2) is 18.8 Å². The number of anilines is 1. The quantitative estimate of drug-likeness (QED) is 0.383. The molecule has 0 aliphatic carbocycles. The molecular weight excluding hydrogens is 451 g/mol. The van der Waals surface area contributed by atoms with Crippen molar-refractivity contribution in [1.82, 2.24) is 15.6 Å². The van der Waals surface area contributed by atoms with Crippen molar-refractivity contribution in [2.24, 2.45) is 4.99 Å². The number of hydrogen-bond acceptors (Lipinski definition) is 3. The van der Waals surface area contributed by atoms with Crippen molar-refractivity contribution in [3.8, 4) is 0 Å². The molecule has 1 aromatic heterocycles. The Bertz CT molecular complexity index is 737. The first kappa shape index (κ1) is 22.1. The van der Waals surface area contributed by atoms with E-state index in [9.17, 15) is 8.78 Å². The zero-order valence-electron chi connectivity index (χ0n) is 15.1. The van der Waals surface area contributed by atoms with Gasteiger partial charge in [-0.3, -0.25) is 0 Å². The van der Waals surface area contributed by atoms with Crippen molar-refractivity contribution in [1.29, 1.82) is 0 Å². The first-order valence-corrected chi connectivity index (χ1v) is 8.09. The molecule has 2 rings (SSSR count). The van der Waals surface area contributed by atoms with Crippen molar-refractivity contribution in [2.75, 3.05) is 25.5 Å². The third-order valence-electron chi connectivity index (χ3n) is 3.45. The SMILES string of the molecule is CCNC(=NCc1cc(F)ccc1F)NCc1cccc(N(C)C)n1.I. The maximum absolute atomic E-state index is 13.7. The van der Waals surface area contributed by atoms with Crippen molar-refractivity contribution >= 4 is 35.8 Å². The lowest BCUT2D eigenvalue weighted by Crippen LogP contribution is -2.37. The molecule has 0 aliphatic rings. The topological polar surface area (TPSA) is 52.6 Å². The Labute approximate surface area is 169 Å². The molecule has 0 fully saturated rings. The van der Waals surface area contributed by atoms with Gasteiger partial charge in [0.25, 0.3) is 0 Å². The maximum Gasteiger partial charge on any atom is 0.191 e. The van der Waals surface area contributed by atoms with Crippen molar-refractivity contribution in [2.45, 2.75) is 20.0 Å². The highest BCUT2D eigenvalue weighted by molar-refractivity contribution is 14.0. The molecule has 8 heteroatoms. The number of nitrogens with one attached hydrogen (secondary N) is 2. The van der Waals surface area contributed by atoms with Gasteiger partial charge < -0.3 is 15.5 Å². The summed E-state index contributed by atoms with van der Waals surface area (Å²) in [6.45, 7) is 3.11. The Balaban J connectivity index is 0.00000338. The van der Waals surface area contributed by atoms with Gasteiger partial charge in [-0.15, -0.1) is 24.0 Å². The average Bonchev–Trinajstić information content (AvgIpc) is 2.60. The van der Waals surface area contributed by atoms with Crippen LogP contribution < -0.4 is 15.5 Å². The summed E-state index contributed by atoms with van der Waals surface area (Å²) in [5, 5.41) is 6.23. The second-order valence-corrected chi connectivity index (χ2v) is 5.67. The fourth-order valence-electron chi connectivity index (χ4n) is 2.16. The molecule has 2 aromatic rings. The lowest BCUT2D eigenvalue weighted by molar-refractivity contribution is 0.585. The number of hydrogen-bond donors (Lipinski definition) is 2. The van der Waals surface area contributed by atoms with Crippen molar-refractivity contribution in [3.05, 3.63) is 59.3 Å². The number of nitrogens with zero attached hydrogens (tertiary/aromatic N) is 3. The summed E-state index contributed by atoms with van der Waals surface area (Å²) in [5.74, 6) is 0.432. The molecule has 0 radical (unpaired) electrons. The summed E-state index contributed by atoms with van der Waals surface area (Å²) in [4.78, 5) is 10.8. The molecule has 0 spiro atoms. The van der Waals surface area contributed by atoms with E-state index in [4.69, 9.17) is 0 Å². The Hall–Kier alpha value is -1.97. The smallest absolute Gasteiger partial charge is 0.191 e. The van der Waals surface area contributed by atoms with Gasteiger partial charge in [-0.1, -0.05) is 6.07 Å². The summed E-state index contributed by atoms with van der Waals surface area (Å²) in [5.41, 5.74) is 1.07. The number of rotatable bonds is 6. The minimum absolute atomic E-state index is 0. The summed E-state index contributed by atoms with van der Waals surface area (Å²) in [7, 11) is 3.86. The van der Waals surface area contributed by atoms with E-state index < -0.39 is 11.6 Å². The molecule has 0 aliphatic heterocycles. The molecule has 2 N–H and O–H groups in total. The lowest BCUT2D eigenvalue weighted by atomic mass is 10.2. The number of aromatic nitrogens is 1. The van der Waals surface area contributed by atoms with Gasteiger partial charge in [-0.2, -0.15) is 0 Å². The van der Waals surface area contributed by atoms with E-state index >= 15 is 0 Å². The molecule has 1 heterocycles. The Morgan fingerprint density at radius 2 is 1.92 bits per heavy atom. The largest absolute Gasteiger partial charge is 0.363 e. The minimum atomic E-state index is -0.478. The van der Waals surface area contributed by atoms with Gasteiger partial charge in [0.15, 0.2) is 5.96 Å². The van der Waals surface area contributed by atoms with E-state index in [0.717, 1.165) is 29.7 Å². The number of pyridine rings is 1. The van der Waals surface area contributed by atoms with Crippen molar-refractivity contribution < 1.29 is 8.78 Å². The Morgan fingerprint density at radius 3 is 2.62 bits per heavy atom. The number of aliphatic imine (C=N–C) groups is 1. The third-order valence-corrected chi connectivity index (χ3v) is 3.45. The predicted octanol–water partition coefficient (Wildman–Crippen LogP) is 3.30. The van der Waals surface area contributed by atoms with Gasteiger partial charge in [0.2, 0.25) is 0 Å². The van der Waals surface area contributed by atoms with Gasteiger partial charge in [0.05, 0.1) is 18.8 Å². The van der Waals surface area contributed by atoms with Crippen LogP contribution in [-0.4, -0.2) is 31.6 Å². The van der Waals surface area contributed by atoms with E-state index in [1.165, 1.54) is 0 Å². The summed E-state index contributed by atoms with van der Waals surface area (Å²) < 4.78 is 26.9. The monoisotopic (exact) mass is 475 g/mol. The molecule has 0 saturated heterocycles. The average molecular weight is 475 g/mol. The van der Waals surface area contributed by atoms with E-state index in [0.29, 0.717) is 19.0 Å². The number of halogens is 3. The Morgan fingerprint density at radius 1 is 1.15 bits per heavy atom. The van der Waals surface area contributed by atoms with Crippen LogP contribution in [0.25, 0.3) is 0 Å². The fourth-order valence-corrected chi connectivity index (χ4v) is 2.16. The van der Waals surface area contributed by atoms with Gasteiger partial charge in [-0.05, 0) is 37.3 Å². The van der Waals surface area contributed by atoms with Gasteiger partial charge >= 0.3 is 0 Å². The summed E-state index contributed by atoms with van der Waals surface area (Å²) in [6.07, 6.45) is 0. The molecule has 0 saturated carbocycles. The molecule has 0 atom stereocenters. The Kier molecular flexibility index (Phi) is 9.25. The summed E-state index contributed by atoms with van der Waals surface area (Å²) in [6, 6.07) is 9.13. The van der Waals surface area contributed by atoms with E-state index in [-0.39, 0.29) is 36.1 Å². The number of benzene rings is 1. The van der Waals surface area contributed by atoms with Gasteiger partial charge in [0.1, 0.15) is 17.5 Å². The zero-order chi connectivity index (χ0) is 18.2. The van der Waals surface area contributed by atoms with Crippen LogP contribution in [0.1, 0.15) is 18.2 Å². The molecule has 5 nitrogen and oxygen atoms in total. The molecule has 26 heavy (non-hydrogen) atoms. The van der Waals surface area contributed by atoms with Crippen LogP contribution in [0, 0.1) is 11.6 Å². The van der Waals surface area contributed by atoms with Crippen LogP contribution in [0.5, 0.6) is 0 Å². The van der Waals surface area contributed by atoms with Gasteiger partial charge in [0, 0.05) is 26.2 Å². The predicted molar refractivity (Wildman–Crippen MR) is 112 cm³/mol. The molecule has 142 valence electrons. The van der Waals surface area contributed by atoms with Crippen LogP contribution >= 0.6 is 24.0 Å². The van der Waals surface area contributed by atoms with E-state index in [1.807, 2.05) is 44.1 Å². The second-order valence-electron chi connectivity index (χ2n) is 5.67. The highest BCUT2D eigenvalue weighted by atomic mass is 127. The first-order valence-electron chi connectivity index (χ1n) is 8.09. The third kappa shape index (κ3) is 6.74.